The van der Waals surface area contributed by atoms with E-state index in [4.69, 9.17) is 0 Å². The van der Waals surface area contributed by atoms with Crippen molar-refractivity contribution in [1.82, 2.24) is 9.97 Å². The molecule has 0 aliphatic heterocycles. The van der Waals surface area contributed by atoms with Crippen LogP contribution in [0, 0.1) is 0 Å². The van der Waals surface area contributed by atoms with Crippen LogP contribution in [0.2, 0.25) is 0 Å². The normalized spacial score (nSPS) is 10.2. The fourth-order valence-corrected chi connectivity index (χ4v) is 2.71. The van der Waals surface area contributed by atoms with Gasteiger partial charge in [-0.25, -0.2) is 14.8 Å². The molecule has 148 valence electrons. The zero-order chi connectivity index (χ0) is 20.5. The third kappa shape index (κ3) is 5.87. The van der Waals surface area contributed by atoms with Gasteiger partial charge >= 0.3 is 5.97 Å². The Morgan fingerprint density at radius 1 is 1.00 bits per heavy atom. The zero-order valence-electron chi connectivity index (χ0n) is 16.1. The van der Waals surface area contributed by atoms with Crippen molar-refractivity contribution in [3.8, 4) is 0 Å². The molecule has 7 heteroatoms. The van der Waals surface area contributed by atoms with E-state index in [1.165, 1.54) is 12.7 Å². The first kappa shape index (κ1) is 20.0. The molecule has 0 spiro atoms. The summed E-state index contributed by atoms with van der Waals surface area (Å²) in [5.41, 5.74) is 2.50. The predicted molar refractivity (Wildman–Crippen MR) is 111 cm³/mol. The molecule has 0 radical (unpaired) electrons. The molecule has 0 atom stereocenters. The molecular formula is C22H22N4O3. The second-order valence-corrected chi connectivity index (χ2v) is 6.30. The van der Waals surface area contributed by atoms with Gasteiger partial charge in [-0.05, 0) is 48.7 Å². The summed E-state index contributed by atoms with van der Waals surface area (Å²) >= 11 is 0. The number of nitrogens with zero attached hydrogens (tertiary/aromatic N) is 2. The minimum Gasteiger partial charge on any atom is -0.465 e. The fourth-order valence-electron chi connectivity index (χ4n) is 2.71. The number of amides is 1. The van der Waals surface area contributed by atoms with Crippen molar-refractivity contribution in [2.45, 2.75) is 12.8 Å². The first-order valence-corrected chi connectivity index (χ1v) is 9.26. The molecule has 0 fully saturated rings. The van der Waals surface area contributed by atoms with Crippen LogP contribution in [0.25, 0.3) is 0 Å². The van der Waals surface area contributed by atoms with Crippen LogP contribution in [-0.2, 0) is 11.2 Å². The van der Waals surface area contributed by atoms with Crippen molar-refractivity contribution in [2.24, 2.45) is 0 Å². The highest BCUT2D eigenvalue weighted by molar-refractivity contribution is 6.03. The number of rotatable bonds is 8. The van der Waals surface area contributed by atoms with Gasteiger partial charge < -0.3 is 15.4 Å². The number of esters is 1. The van der Waals surface area contributed by atoms with E-state index in [-0.39, 0.29) is 11.6 Å². The molecular weight excluding hydrogens is 368 g/mol. The van der Waals surface area contributed by atoms with Crippen LogP contribution in [-0.4, -0.2) is 35.5 Å². The van der Waals surface area contributed by atoms with E-state index in [1.54, 1.807) is 36.5 Å². The molecule has 29 heavy (non-hydrogen) atoms. The van der Waals surface area contributed by atoms with Crippen LogP contribution < -0.4 is 10.6 Å². The van der Waals surface area contributed by atoms with E-state index in [0.29, 0.717) is 23.7 Å². The number of carbonyl (C=O) groups excluding carboxylic acids is 2. The maximum absolute atomic E-state index is 12.4. The first-order chi connectivity index (χ1) is 14.2. The lowest BCUT2D eigenvalue weighted by Gasteiger charge is -2.08. The molecule has 1 amide bonds. The Bertz CT molecular complexity index is 959. The van der Waals surface area contributed by atoms with Crippen molar-refractivity contribution in [3.05, 3.63) is 83.7 Å². The maximum atomic E-state index is 12.4. The summed E-state index contributed by atoms with van der Waals surface area (Å²) in [6.07, 6.45) is 3.42. The van der Waals surface area contributed by atoms with Crippen LogP contribution in [0.5, 0.6) is 0 Å². The number of aryl methyl sites for hydroxylation is 1. The van der Waals surface area contributed by atoms with E-state index >= 15 is 0 Å². The number of hydrogen-bond acceptors (Lipinski definition) is 6. The molecule has 2 aromatic carbocycles. The Hall–Kier alpha value is -3.74. The predicted octanol–water partition coefficient (Wildman–Crippen LogP) is 3.56. The average Bonchev–Trinajstić information content (AvgIpc) is 2.77. The van der Waals surface area contributed by atoms with E-state index in [0.717, 1.165) is 12.8 Å². The number of benzene rings is 2. The van der Waals surface area contributed by atoms with Crippen LogP contribution in [0.1, 0.15) is 32.8 Å². The molecule has 1 aromatic heterocycles. The fraction of sp³-hybridized carbons (Fsp3) is 0.182. The minimum atomic E-state index is -0.429. The summed E-state index contributed by atoms with van der Waals surface area (Å²) in [6.45, 7) is 0.703. The van der Waals surface area contributed by atoms with Crippen molar-refractivity contribution in [1.29, 1.82) is 0 Å². The Labute approximate surface area is 169 Å². The number of ether oxygens (including phenoxy) is 1. The molecule has 3 rings (SSSR count). The number of nitrogens with one attached hydrogen (secondary N) is 2. The highest BCUT2D eigenvalue weighted by Gasteiger charge is 2.10. The lowest BCUT2D eigenvalue weighted by molar-refractivity contribution is 0.0600. The number of anilines is 2. The van der Waals surface area contributed by atoms with Gasteiger partial charge in [-0.3, -0.25) is 4.79 Å². The van der Waals surface area contributed by atoms with Gasteiger partial charge in [0.15, 0.2) is 0 Å². The van der Waals surface area contributed by atoms with Gasteiger partial charge in [-0.15, -0.1) is 0 Å². The molecule has 7 nitrogen and oxygen atoms in total. The van der Waals surface area contributed by atoms with E-state index < -0.39 is 5.97 Å². The molecule has 0 saturated heterocycles. The largest absolute Gasteiger partial charge is 0.465 e. The lowest BCUT2D eigenvalue weighted by Crippen LogP contribution is -2.16. The molecule has 0 saturated carbocycles. The van der Waals surface area contributed by atoms with Gasteiger partial charge in [-0.2, -0.15) is 0 Å². The lowest BCUT2D eigenvalue weighted by atomic mass is 10.1. The second-order valence-electron chi connectivity index (χ2n) is 6.30. The summed E-state index contributed by atoms with van der Waals surface area (Å²) in [4.78, 5) is 32.3. The summed E-state index contributed by atoms with van der Waals surface area (Å²) in [7, 11) is 1.32. The van der Waals surface area contributed by atoms with Gasteiger partial charge in [0.2, 0.25) is 5.95 Å². The summed E-state index contributed by atoms with van der Waals surface area (Å²) < 4.78 is 4.65. The molecule has 0 aliphatic carbocycles. The van der Waals surface area contributed by atoms with Crippen molar-refractivity contribution < 1.29 is 14.3 Å². The molecule has 3 aromatic rings. The highest BCUT2D eigenvalue weighted by atomic mass is 16.5. The Balaban J connectivity index is 1.52. The third-order valence-corrected chi connectivity index (χ3v) is 4.22. The smallest absolute Gasteiger partial charge is 0.337 e. The summed E-state index contributed by atoms with van der Waals surface area (Å²) in [5, 5.41) is 5.90. The topological polar surface area (TPSA) is 93.2 Å². The average molecular weight is 390 g/mol. The molecule has 0 aliphatic rings. The second kappa shape index (κ2) is 9.98. The third-order valence-electron chi connectivity index (χ3n) is 4.22. The summed E-state index contributed by atoms with van der Waals surface area (Å²) in [6, 6.07) is 18.2. The maximum Gasteiger partial charge on any atom is 0.337 e. The highest BCUT2D eigenvalue weighted by Crippen LogP contribution is 2.12. The first-order valence-electron chi connectivity index (χ1n) is 9.26. The van der Waals surface area contributed by atoms with Crippen LogP contribution in [0.15, 0.2) is 66.9 Å². The monoisotopic (exact) mass is 390 g/mol. The Kier molecular flexibility index (Phi) is 6.89. The molecule has 0 unspecified atom stereocenters. The van der Waals surface area contributed by atoms with Crippen molar-refractivity contribution in [2.75, 3.05) is 24.3 Å². The number of methoxy groups -OCH3 is 1. The van der Waals surface area contributed by atoms with E-state index in [1.807, 2.05) is 18.2 Å². The van der Waals surface area contributed by atoms with Crippen LogP contribution in [0.3, 0.4) is 0 Å². The van der Waals surface area contributed by atoms with Crippen LogP contribution >= 0.6 is 0 Å². The number of aromatic nitrogens is 2. The molecule has 2 N–H and O–H groups in total. The minimum absolute atomic E-state index is 0.252. The molecule has 0 bridgehead atoms. The van der Waals surface area contributed by atoms with Gasteiger partial charge in [0.25, 0.3) is 5.91 Å². The summed E-state index contributed by atoms with van der Waals surface area (Å²) in [5.74, 6) is -0.376. The number of hydrogen-bond donors (Lipinski definition) is 2. The van der Waals surface area contributed by atoms with Gasteiger partial charge in [-0.1, -0.05) is 30.3 Å². The van der Waals surface area contributed by atoms with Gasteiger partial charge in [0.1, 0.15) is 5.69 Å². The Morgan fingerprint density at radius 2 is 1.76 bits per heavy atom. The van der Waals surface area contributed by atoms with Crippen LogP contribution in [0.4, 0.5) is 11.6 Å². The van der Waals surface area contributed by atoms with Gasteiger partial charge in [0.05, 0.1) is 12.7 Å². The quantitative estimate of drug-likeness (QED) is 0.451. The Morgan fingerprint density at radius 3 is 2.48 bits per heavy atom. The number of carbonyl (C=O) groups is 2. The van der Waals surface area contributed by atoms with Crippen molar-refractivity contribution >= 4 is 23.5 Å². The molecule has 1 heterocycles. The van der Waals surface area contributed by atoms with E-state index in [9.17, 15) is 9.59 Å². The van der Waals surface area contributed by atoms with Gasteiger partial charge in [0, 0.05) is 18.4 Å². The van der Waals surface area contributed by atoms with Crippen molar-refractivity contribution in [3.63, 3.8) is 0 Å². The standard InChI is InChI=1S/C22H22N4O3/c1-29-21(28)17-9-11-18(12-10-17)25-20(27)19-13-15-24-22(26-19)23-14-5-8-16-6-3-2-4-7-16/h2-4,6-7,9-13,15H,5,8,14H2,1H3,(H,25,27)(H,23,24,26). The zero-order valence-corrected chi connectivity index (χ0v) is 16.1. The van der Waals surface area contributed by atoms with E-state index in [2.05, 4.69) is 37.5 Å². The SMILES string of the molecule is COC(=O)c1ccc(NC(=O)c2ccnc(NCCCc3ccccc3)n2)cc1.